The molecule has 3 aromatic rings. The Bertz CT molecular complexity index is 920. The molecule has 6 heteroatoms. The Hall–Kier alpha value is -2.47. The van der Waals surface area contributed by atoms with E-state index in [1.54, 1.807) is 0 Å². The number of rotatable bonds is 6. The van der Waals surface area contributed by atoms with Crippen molar-refractivity contribution in [3.05, 3.63) is 52.3 Å². The second kappa shape index (κ2) is 7.83. The first-order valence-corrected chi connectivity index (χ1v) is 9.57. The van der Waals surface area contributed by atoms with E-state index < -0.39 is 0 Å². The van der Waals surface area contributed by atoms with E-state index in [1.807, 2.05) is 39.0 Å². The quantitative estimate of drug-likeness (QED) is 0.671. The van der Waals surface area contributed by atoms with Crippen LogP contribution in [0.15, 0.2) is 30.3 Å². The number of nitrogens with zero attached hydrogens (tertiary/aromatic N) is 3. The van der Waals surface area contributed by atoms with Crippen LogP contribution in [0.2, 0.25) is 0 Å². The molecular weight excluding hydrogens is 344 g/mol. The van der Waals surface area contributed by atoms with Gasteiger partial charge in [-0.15, -0.1) is 11.3 Å². The van der Waals surface area contributed by atoms with Gasteiger partial charge in [-0.3, -0.25) is 4.79 Å². The molecular formula is C20H24N4OS. The summed E-state index contributed by atoms with van der Waals surface area (Å²) in [4.78, 5) is 25.3. The summed E-state index contributed by atoms with van der Waals surface area (Å²) in [5.74, 6) is 0.720. The number of carbonyl (C=O) groups is 1. The van der Waals surface area contributed by atoms with Crippen LogP contribution in [0.1, 0.15) is 33.2 Å². The van der Waals surface area contributed by atoms with Crippen molar-refractivity contribution in [1.29, 1.82) is 0 Å². The largest absolute Gasteiger partial charge is 0.375 e. The molecule has 0 bridgehead atoms. The predicted octanol–water partition coefficient (Wildman–Crippen LogP) is 3.87. The molecule has 0 aliphatic heterocycles. The molecule has 0 fully saturated rings. The minimum Gasteiger partial charge on any atom is -0.375 e. The van der Waals surface area contributed by atoms with Gasteiger partial charge in [0.05, 0.1) is 4.88 Å². The number of hydrogen-bond acceptors (Lipinski definition) is 5. The topological polar surface area (TPSA) is 58.1 Å². The zero-order valence-electron chi connectivity index (χ0n) is 15.7. The molecule has 26 heavy (non-hydrogen) atoms. The zero-order chi connectivity index (χ0) is 18.7. The number of carbonyl (C=O) groups excluding carboxylic acids is 1. The van der Waals surface area contributed by atoms with E-state index in [2.05, 4.69) is 39.4 Å². The van der Waals surface area contributed by atoms with Crippen molar-refractivity contribution in [2.45, 2.75) is 27.2 Å². The highest BCUT2D eigenvalue weighted by atomic mass is 32.1. The first-order valence-electron chi connectivity index (χ1n) is 8.76. The van der Waals surface area contributed by atoms with E-state index in [0.29, 0.717) is 6.54 Å². The van der Waals surface area contributed by atoms with Crippen LogP contribution in [0.25, 0.3) is 10.2 Å². The molecule has 0 radical (unpaired) electrons. The lowest BCUT2D eigenvalue weighted by Crippen LogP contribution is -2.28. The standard InChI is InChI=1S/C20H24N4OS/c1-13-17-14(2)22-15(3)23-20(17)26-18(13)19(25)21-11-8-12-24(4)16-9-6-5-7-10-16/h5-7,9-10H,8,11-12H2,1-4H3,(H,21,25). The fourth-order valence-electron chi connectivity index (χ4n) is 3.10. The maximum absolute atomic E-state index is 12.6. The third-order valence-electron chi connectivity index (χ3n) is 4.44. The predicted molar refractivity (Wildman–Crippen MR) is 108 cm³/mol. The summed E-state index contributed by atoms with van der Waals surface area (Å²) in [6, 6.07) is 10.3. The molecule has 3 rings (SSSR count). The van der Waals surface area contributed by atoms with Crippen molar-refractivity contribution in [1.82, 2.24) is 15.3 Å². The minimum absolute atomic E-state index is 0.0232. The number of thiophene rings is 1. The Morgan fingerprint density at radius 1 is 1.15 bits per heavy atom. The monoisotopic (exact) mass is 368 g/mol. The summed E-state index contributed by atoms with van der Waals surface area (Å²) in [6.45, 7) is 7.36. The van der Waals surface area contributed by atoms with Gasteiger partial charge in [0.25, 0.3) is 5.91 Å². The second-order valence-electron chi connectivity index (χ2n) is 6.46. The molecule has 2 heterocycles. The number of aromatic nitrogens is 2. The van der Waals surface area contributed by atoms with Gasteiger partial charge in [-0.2, -0.15) is 0 Å². The van der Waals surface area contributed by atoms with Gasteiger partial charge < -0.3 is 10.2 Å². The van der Waals surface area contributed by atoms with Gasteiger partial charge >= 0.3 is 0 Å². The number of hydrogen-bond donors (Lipinski definition) is 1. The third-order valence-corrected chi connectivity index (χ3v) is 5.63. The lowest BCUT2D eigenvalue weighted by atomic mass is 10.1. The van der Waals surface area contributed by atoms with Gasteiger partial charge in [0.2, 0.25) is 0 Å². The number of para-hydroxylation sites is 1. The van der Waals surface area contributed by atoms with Gasteiger partial charge in [0.15, 0.2) is 0 Å². The van der Waals surface area contributed by atoms with Crippen molar-refractivity contribution in [3.63, 3.8) is 0 Å². The van der Waals surface area contributed by atoms with Crippen LogP contribution in [0.4, 0.5) is 5.69 Å². The van der Waals surface area contributed by atoms with E-state index in [-0.39, 0.29) is 5.91 Å². The van der Waals surface area contributed by atoms with Crippen molar-refractivity contribution >= 4 is 33.1 Å². The van der Waals surface area contributed by atoms with Crippen LogP contribution in [0.5, 0.6) is 0 Å². The molecule has 0 atom stereocenters. The summed E-state index contributed by atoms with van der Waals surface area (Å²) in [6.07, 6.45) is 0.888. The van der Waals surface area contributed by atoms with Crippen molar-refractivity contribution in [3.8, 4) is 0 Å². The summed E-state index contributed by atoms with van der Waals surface area (Å²) in [5.41, 5.74) is 3.09. The van der Waals surface area contributed by atoms with Gasteiger partial charge in [0, 0.05) is 36.9 Å². The highest BCUT2D eigenvalue weighted by Gasteiger charge is 2.18. The third kappa shape index (κ3) is 3.85. The number of benzene rings is 1. The molecule has 0 spiro atoms. The molecule has 5 nitrogen and oxygen atoms in total. The van der Waals surface area contributed by atoms with Crippen LogP contribution < -0.4 is 10.2 Å². The normalized spacial score (nSPS) is 10.9. The van der Waals surface area contributed by atoms with E-state index in [4.69, 9.17) is 0 Å². The van der Waals surface area contributed by atoms with Gasteiger partial charge in [-0.25, -0.2) is 9.97 Å². The van der Waals surface area contributed by atoms with Gasteiger partial charge in [-0.05, 0) is 44.9 Å². The van der Waals surface area contributed by atoms with Crippen molar-refractivity contribution in [2.75, 3.05) is 25.0 Å². The van der Waals surface area contributed by atoms with E-state index >= 15 is 0 Å². The molecule has 2 aromatic heterocycles. The summed E-state index contributed by atoms with van der Waals surface area (Å²) in [5, 5.41) is 4.05. The molecule has 136 valence electrons. The maximum atomic E-state index is 12.6. The second-order valence-corrected chi connectivity index (χ2v) is 7.46. The first kappa shape index (κ1) is 18.3. The molecule has 0 aliphatic carbocycles. The highest BCUT2D eigenvalue weighted by Crippen LogP contribution is 2.31. The van der Waals surface area contributed by atoms with E-state index in [9.17, 15) is 4.79 Å². The Balaban J connectivity index is 1.60. The SMILES string of the molecule is Cc1nc(C)c2c(C)c(C(=O)NCCCN(C)c3ccccc3)sc2n1. The number of nitrogens with one attached hydrogen (secondary N) is 1. The van der Waals surface area contributed by atoms with Gasteiger partial charge in [-0.1, -0.05) is 18.2 Å². The molecule has 0 unspecified atom stereocenters. The smallest absolute Gasteiger partial charge is 0.261 e. The van der Waals surface area contributed by atoms with Crippen LogP contribution in [-0.2, 0) is 0 Å². The molecule has 0 saturated carbocycles. The number of anilines is 1. The first-order chi connectivity index (χ1) is 12.5. The number of fused-ring (bicyclic) bond motifs is 1. The Morgan fingerprint density at radius 2 is 1.88 bits per heavy atom. The van der Waals surface area contributed by atoms with Crippen LogP contribution in [0, 0.1) is 20.8 Å². The van der Waals surface area contributed by atoms with E-state index in [1.165, 1.54) is 17.0 Å². The lowest BCUT2D eigenvalue weighted by molar-refractivity contribution is 0.0957. The number of amides is 1. The highest BCUT2D eigenvalue weighted by molar-refractivity contribution is 7.20. The van der Waals surface area contributed by atoms with Crippen molar-refractivity contribution in [2.24, 2.45) is 0 Å². The lowest BCUT2D eigenvalue weighted by Gasteiger charge is -2.19. The molecule has 1 aromatic carbocycles. The molecule has 0 aliphatic rings. The Kier molecular flexibility index (Phi) is 5.52. The van der Waals surface area contributed by atoms with Crippen LogP contribution in [-0.4, -0.2) is 36.0 Å². The fraction of sp³-hybridized carbons (Fsp3) is 0.350. The minimum atomic E-state index is -0.0232. The summed E-state index contributed by atoms with van der Waals surface area (Å²) in [7, 11) is 2.07. The molecule has 0 saturated heterocycles. The molecule has 1 N–H and O–H groups in total. The Labute approximate surface area is 158 Å². The average molecular weight is 369 g/mol. The van der Waals surface area contributed by atoms with Crippen LogP contribution >= 0.6 is 11.3 Å². The number of aryl methyl sites for hydroxylation is 3. The summed E-state index contributed by atoms with van der Waals surface area (Å²) < 4.78 is 0. The molecule has 1 amide bonds. The fourth-order valence-corrected chi connectivity index (χ4v) is 4.29. The van der Waals surface area contributed by atoms with Crippen LogP contribution in [0.3, 0.4) is 0 Å². The average Bonchev–Trinajstić information content (AvgIpc) is 2.95. The van der Waals surface area contributed by atoms with E-state index in [0.717, 1.165) is 45.1 Å². The summed E-state index contributed by atoms with van der Waals surface area (Å²) >= 11 is 1.45. The maximum Gasteiger partial charge on any atom is 0.261 e. The van der Waals surface area contributed by atoms with Gasteiger partial charge in [0.1, 0.15) is 10.7 Å². The Morgan fingerprint density at radius 3 is 2.62 bits per heavy atom. The van der Waals surface area contributed by atoms with Crippen molar-refractivity contribution < 1.29 is 4.79 Å². The zero-order valence-corrected chi connectivity index (χ0v) is 16.5.